The van der Waals surface area contributed by atoms with Crippen LogP contribution >= 0.6 is 11.6 Å². The van der Waals surface area contributed by atoms with Crippen molar-refractivity contribution < 1.29 is 13.2 Å². The predicted molar refractivity (Wildman–Crippen MR) is 65.3 cm³/mol. The Morgan fingerprint density at radius 1 is 1.15 bits per heavy atom. The maximum atomic E-state index is 12.7. The summed E-state index contributed by atoms with van der Waals surface area (Å²) in [4.78, 5) is 5.98. The predicted octanol–water partition coefficient (Wildman–Crippen LogP) is 2.37. The molecule has 3 heterocycles. The average Bonchev–Trinajstić information content (AvgIpc) is 2.82. The number of nitrogens with zero attached hydrogens (tertiary/aromatic N) is 5. The minimum atomic E-state index is -4.48. The van der Waals surface area contributed by atoms with Crippen LogP contribution in [0.25, 0.3) is 0 Å². The van der Waals surface area contributed by atoms with Gasteiger partial charge in [0.05, 0.1) is 11.6 Å². The van der Waals surface area contributed by atoms with Gasteiger partial charge in [-0.25, -0.2) is 4.98 Å². The van der Waals surface area contributed by atoms with Crippen LogP contribution in [0.1, 0.15) is 11.6 Å². The Morgan fingerprint density at radius 3 is 2.60 bits per heavy atom. The van der Waals surface area contributed by atoms with Crippen molar-refractivity contribution in [1.29, 1.82) is 0 Å². The summed E-state index contributed by atoms with van der Waals surface area (Å²) in [6, 6.07) is 3.41. The minimum Gasteiger partial charge on any atom is -0.347 e. The van der Waals surface area contributed by atoms with Crippen molar-refractivity contribution >= 4 is 17.4 Å². The van der Waals surface area contributed by atoms with Gasteiger partial charge in [0.1, 0.15) is 5.82 Å². The molecule has 2 aromatic heterocycles. The van der Waals surface area contributed by atoms with E-state index in [1.165, 1.54) is 6.20 Å². The van der Waals surface area contributed by atoms with E-state index >= 15 is 0 Å². The second-order valence-corrected chi connectivity index (χ2v) is 4.78. The molecule has 0 fully saturated rings. The van der Waals surface area contributed by atoms with Crippen LogP contribution in [-0.2, 0) is 19.3 Å². The Kier molecular flexibility index (Phi) is 3.04. The van der Waals surface area contributed by atoms with Crippen LogP contribution in [0.3, 0.4) is 0 Å². The van der Waals surface area contributed by atoms with E-state index < -0.39 is 12.0 Å². The highest BCUT2D eigenvalue weighted by atomic mass is 35.5. The first-order chi connectivity index (χ1) is 9.45. The highest BCUT2D eigenvalue weighted by Gasteiger charge is 2.39. The third kappa shape index (κ3) is 2.31. The molecule has 0 unspecified atom stereocenters. The molecule has 0 spiro atoms. The lowest BCUT2D eigenvalue weighted by atomic mass is 10.3. The van der Waals surface area contributed by atoms with Crippen molar-refractivity contribution in [2.45, 2.75) is 19.3 Å². The van der Waals surface area contributed by atoms with Crippen LogP contribution in [-0.4, -0.2) is 26.3 Å². The molecule has 0 aliphatic carbocycles. The molecule has 9 heteroatoms. The summed E-state index contributed by atoms with van der Waals surface area (Å²) in [6.45, 7) is 0.807. The quantitative estimate of drug-likeness (QED) is 0.811. The fourth-order valence-corrected chi connectivity index (χ4v) is 2.23. The molecule has 2 aromatic rings. The lowest BCUT2D eigenvalue weighted by Gasteiger charge is -2.28. The fourth-order valence-electron chi connectivity index (χ4n) is 2.12. The number of halogens is 4. The van der Waals surface area contributed by atoms with Crippen molar-refractivity contribution in [2.24, 2.45) is 0 Å². The van der Waals surface area contributed by atoms with Gasteiger partial charge in [-0.1, -0.05) is 11.6 Å². The van der Waals surface area contributed by atoms with Gasteiger partial charge in [-0.2, -0.15) is 13.2 Å². The molecule has 0 atom stereocenters. The molecule has 0 bridgehead atoms. The third-order valence-electron chi connectivity index (χ3n) is 3.04. The van der Waals surface area contributed by atoms with E-state index in [2.05, 4.69) is 15.2 Å². The maximum absolute atomic E-state index is 12.7. The number of fused-ring (bicyclic) bond motifs is 1. The van der Waals surface area contributed by atoms with E-state index in [0.29, 0.717) is 17.4 Å². The Balaban J connectivity index is 1.86. The second kappa shape index (κ2) is 4.62. The Morgan fingerprint density at radius 2 is 1.95 bits per heavy atom. The zero-order chi connectivity index (χ0) is 14.3. The average molecular weight is 304 g/mol. The third-order valence-corrected chi connectivity index (χ3v) is 3.27. The van der Waals surface area contributed by atoms with E-state index in [1.807, 2.05) is 4.90 Å². The van der Waals surface area contributed by atoms with Gasteiger partial charge in [0.15, 0.2) is 5.82 Å². The smallest absolute Gasteiger partial charge is 0.347 e. The van der Waals surface area contributed by atoms with Gasteiger partial charge in [-0.05, 0) is 12.1 Å². The van der Waals surface area contributed by atoms with Gasteiger partial charge < -0.3 is 9.47 Å². The molecular formula is C11H9ClF3N5. The largest absolute Gasteiger partial charge is 0.451 e. The van der Waals surface area contributed by atoms with Crippen molar-refractivity contribution in [3.8, 4) is 0 Å². The van der Waals surface area contributed by atoms with Gasteiger partial charge in [0, 0.05) is 19.3 Å². The van der Waals surface area contributed by atoms with Crippen molar-refractivity contribution in [2.75, 3.05) is 11.4 Å². The summed E-state index contributed by atoms with van der Waals surface area (Å²) in [7, 11) is 0. The highest BCUT2D eigenvalue weighted by Crippen LogP contribution is 2.30. The van der Waals surface area contributed by atoms with Crippen molar-refractivity contribution in [3.63, 3.8) is 0 Å². The van der Waals surface area contributed by atoms with Crippen LogP contribution in [0.4, 0.5) is 19.0 Å². The summed E-state index contributed by atoms with van der Waals surface area (Å²) in [5, 5.41) is 7.35. The monoisotopic (exact) mass is 303 g/mol. The molecule has 5 nitrogen and oxygen atoms in total. The lowest BCUT2D eigenvalue weighted by molar-refractivity contribution is -0.147. The summed E-state index contributed by atoms with van der Waals surface area (Å²) >= 11 is 5.75. The molecule has 106 valence electrons. The van der Waals surface area contributed by atoms with Gasteiger partial charge in [-0.15, -0.1) is 10.2 Å². The molecule has 0 radical (unpaired) electrons. The van der Waals surface area contributed by atoms with E-state index in [4.69, 9.17) is 11.6 Å². The molecule has 3 rings (SSSR count). The number of hydrogen-bond acceptors (Lipinski definition) is 4. The second-order valence-electron chi connectivity index (χ2n) is 4.35. The van der Waals surface area contributed by atoms with Gasteiger partial charge >= 0.3 is 6.18 Å². The molecule has 0 saturated heterocycles. The van der Waals surface area contributed by atoms with Crippen molar-refractivity contribution in [3.05, 3.63) is 35.0 Å². The lowest BCUT2D eigenvalue weighted by Crippen LogP contribution is -2.35. The molecule has 0 aromatic carbocycles. The van der Waals surface area contributed by atoms with Crippen LogP contribution in [0, 0.1) is 0 Å². The number of anilines is 1. The number of pyridine rings is 1. The molecule has 20 heavy (non-hydrogen) atoms. The molecular weight excluding hydrogens is 295 g/mol. The van der Waals surface area contributed by atoms with Gasteiger partial charge in [-0.3, -0.25) is 0 Å². The van der Waals surface area contributed by atoms with E-state index in [0.717, 1.165) is 4.57 Å². The topological polar surface area (TPSA) is 46.8 Å². The standard InChI is InChI=1S/C11H9ClF3N5/c12-7-1-2-8(16-5-7)19-3-4-20-9(6-19)17-18-10(20)11(13,14)15/h1-2,5H,3-4,6H2. The maximum Gasteiger partial charge on any atom is 0.451 e. The first-order valence-electron chi connectivity index (χ1n) is 5.81. The molecule has 0 amide bonds. The Bertz CT molecular complexity index is 622. The number of rotatable bonds is 1. The first kappa shape index (κ1) is 13.2. The molecule has 1 aliphatic heterocycles. The van der Waals surface area contributed by atoms with Gasteiger partial charge in [0.25, 0.3) is 0 Å². The van der Waals surface area contributed by atoms with Crippen LogP contribution < -0.4 is 4.90 Å². The summed E-state index contributed by atoms with van der Waals surface area (Å²) in [5.74, 6) is -0.0197. The number of hydrogen-bond donors (Lipinski definition) is 0. The van der Waals surface area contributed by atoms with Crippen LogP contribution in [0.15, 0.2) is 18.3 Å². The first-order valence-corrected chi connectivity index (χ1v) is 6.19. The molecule has 1 aliphatic rings. The normalized spacial score (nSPS) is 15.3. The summed E-state index contributed by atoms with van der Waals surface area (Å²) < 4.78 is 39.2. The zero-order valence-electron chi connectivity index (χ0n) is 10.1. The summed E-state index contributed by atoms with van der Waals surface area (Å²) in [6.07, 6.45) is -2.98. The zero-order valence-corrected chi connectivity index (χ0v) is 10.9. The summed E-state index contributed by atoms with van der Waals surface area (Å²) in [5.41, 5.74) is 0. The van der Waals surface area contributed by atoms with E-state index in [-0.39, 0.29) is 18.9 Å². The highest BCUT2D eigenvalue weighted by molar-refractivity contribution is 6.30. The Labute approximate surface area is 117 Å². The molecule has 0 saturated carbocycles. The van der Waals surface area contributed by atoms with Crippen LogP contribution in [0.2, 0.25) is 5.02 Å². The van der Waals surface area contributed by atoms with Gasteiger partial charge in [0.2, 0.25) is 5.82 Å². The molecule has 0 N–H and O–H groups in total. The van der Waals surface area contributed by atoms with E-state index in [9.17, 15) is 13.2 Å². The van der Waals surface area contributed by atoms with E-state index in [1.54, 1.807) is 12.1 Å². The van der Waals surface area contributed by atoms with Crippen LogP contribution in [0.5, 0.6) is 0 Å². The minimum absolute atomic E-state index is 0.168. The van der Waals surface area contributed by atoms with Crippen molar-refractivity contribution in [1.82, 2.24) is 19.7 Å². The number of alkyl halides is 3. The SMILES string of the molecule is FC(F)(F)c1nnc2n1CCN(c1ccc(Cl)cn1)C2. The Hall–Kier alpha value is -1.83. The fraction of sp³-hybridized carbons (Fsp3) is 0.364. The number of aromatic nitrogens is 4.